The second-order valence-corrected chi connectivity index (χ2v) is 3.75. The van der Waals surface area contributed by atoms with Gasteiger partial charge in [-0.1, -0.05) is 32.9 Å². The number of carbonyl (C=O) groups excluding carboxylic acids is 1. The fourth-order valence-electron chi connectivity index (χ4n) is 1.49. The fourth-order valence-corrected chi connectivity index (χ4v) is 1.49. The molecule has 0 bridgehead atoms. The number of aldehydes is 1. The van der Waals surface area contributed by atoms with Gasteiger partial charge in [0.05, 0.1) is 0 Å². The molecule has 0 aromatic heterocycles. The van der Waals surface area contributed by atoms with Gasteiger partial charge < -0.3 is 4.79 Å². The van der Waals surface area contributed by atoms with E-state index in [-0.39, 0.29) is 0 Å². The van der Waals surface area contributed by atoms with Crippen LogP contribution < -0.4 is 0 Å². The third-order valence-electron chi connectivity index (χ3n) is 2.37. The van der Waals surface area contributed by atoms with Crippen LogP contribution in [0.5, 0.6) is 0 Å². The molecular formula is C12H22O. The van der Waals surface area contributed by atoms with Gasteiger partial charge in [-0.15, -0.1) is 0 Å². The minimum Gasteiger partial charge on any atom is -0.303 e. The molecule has 0 amide bonds. The molecule has 0 fully saturated rings. The highest BCUT2D eigenvalue weighted by Crippen LogP contribution is 2.18. The summed E-state index contributed by atoms with van der Waals surface area (Å²) in [6, 6.07) is 0. The molecule has 0 aliphatic rings. The molecule has 0 saturated heterocycles. The molecule has 0 unspecified atom stereocenters. The SMILES string of the molecule is CC/C=C/[C@H](CC)C[C@@H](C)CC=O. The summed E-state index contributed by atoms with van der Waals surface area (Å²) >= 11 is 0. The number of rotatable bonds is 7. The van der Waals surface area contributed by atoms with Crippen LogP contribution in [0, 0.1) is 11.8 Å². The van der Waals surface area contributed by atoms with Crippen LogP contribution in [0.1, 0.15) is 46.5 Å². The van der Waals surface area contributed by atoms with Gasteiger partial charge in [0.15, 0.2) is 0 Å². The third-order valence-corrected chi connectivity index (χ3v) is 2.37. The average Bonchev–Trinajstić information content (AvgIpc) is 2.12. The molecule has 0 heterocycles. The van der Waals surface area contributed by atoms with Crippen molar-refractivity contribution in [2.75, 3.05) is 0 Å². The largest absolute Gasteiger partial charge is 0.303 e. The Labute approximate surface area is 82.2 Å². The van der Waals surface area contributed by atoms with Gasteiger partial charge >= 0.3 is 0 Å². The Bertz CT molecular complexity index is 149. The van der Waals surface area contributed by atoms with E-state index in [1.165, 1.54) is 6.42 Å². The van der Waals surface area contributed by atoms with E-state index in [0.717, 1.165) is 19.1 Å². The van der Waals surface area contributed by atoms with E-state index >= 15 is 0 Å². The van der Waals surface area contributed by atoms with E-state index in [0.29, 0.717) is 18.3 Å². The average molecular weight is 182 g/mol. The van der Waals surface area contributed by atoms with Crippen LogP contribution in [0.15, 0.2) is 12.2 Å². The molecule has 76 valence electrons. The molecule has 0 radical (unpaired) electrons. The van der Waals surface area contributed by atoms with Crippen LogP contribution in [0.3, 0.4) is 0 Å². The van der Waals surface area contributed by atoms with Crippen molar-refractivity contribution < 1.29 is 4.79 Å². The van der Waals surface area contributed by atoms with E-state index in [1.54, 1.807) is 0 Å². The Kier molecular flexibility index (Phi) is 7.66. The van der Waals surface area contributed by atoms with Gasteiger partial charge in [-0.3, -0.25) is 0 Å². The summed E-state index contributed by atoms with van der Waals surface area (Å²) in [6.45, 7) is 6.51. The fraction of sp³-hybridized carbons (Fsp3) is 0.750. The summed E-state index contributed by atoms with van der Waals surface area (Å²) in [7, 11) is 0. The van der Waals surface area contributed by atoms with E-state index in [2.05, 4.69) is 32.9 Å². The van der Waals surface area contributed by atoms with Gasteiger partial charge in [0.1, 0.15) is 6.29 Å². The molecule has 0 aliphatic carbocycles. The highest BCUT2D eigenvalue weighted by molar-refractivity contribution is 5.49. The Morgan fingerprint density at radius 3 is 2.46 bits per heavy atom. The zero-order valence-electron chi connectivity index (χ0n) is 9.12. The number of allylic oxidation sites excluding steroid dienone is 2. The normalized spacial score (nSPS) is 15.9. The molecule has 0 aromatic rings. The standard InChI is InChI=1S/C12H22O/c1-4-6-7-12(5-2)10-11(3)8-9-13/h6-7,9,11-12H,4-5,8,10H2,1-3H3/b7-6+/t11-,12-/m0/s1. The second-order valence-electron chi connectivity index (χ2n) is 3.75. The van der Waals surface area contributed by atoms with Crippen LogP contribution in [0.25, 0.3) is 0 Å². The van der Waals surface area contributed by atoms with Crippen molar-refractivity contribution in [2.24, 2.45) is 11.8 Å². The molecule has 0 aliphatic heterocycles. The lowest BCUT2D eigenvalue weighted by Gasteiger charge is -2.14. The first kappa shape index (κ1) is 12.4. The summed E-state index contributed by atoms with van der Waals surface area (Å²) in [5.41, 5.74) is 0. The maximum atomic E-state index is 10.3. The lowest BCUT2D eigenvalue weighted by Crippen LogP contribution is -2.03. The van der Waals surface area contributed by atoms with Crippen molar-refractivity contribution in [3.63, 3.8) is 0 Å². The molecular weight excluding hydrogens is 160 g/mol. The Balaban J connectivity index is 3.81. The topological polar surface area (TPSA) is 17.1 Å². The van der Waals surface area contributed by atoms with Crippen molar-refractivity contribution >= 4 is 6.29 Å². The predicted octanol–water partition coefficient (Wildman–Crippen LogP) is 3.59. The van der Waals surface area contributed by atoms with Crippen LogP contribution in [-0.4, -0.2) is 6.29 Å². The molecule has 0 saturated carbocycles. The lowest BCUT2D eigenvalue weighted by molar-refractivity contribution is -0.108. The Morgan fingerprint density at radius 2 is 2.00 bits per heavy atom. The predicted molar refractivity (Wildman–Crippen MR) is 57.7 cm³/mol. The minimum absolute atomic E-state index is 0.531. The molecule has 1 nitrogen and oxygen atoms in total. The van der Waals surface area contributed by atoms with Crippen LogP contribution in [0.4, 0.5) is 0 Å². The van der Waals surface area contributed by atoms with Gasteiger partial charge in [0.25, 0.3) is 0 Å². The van der Waals surface area contributed by atoms with Gasteiger partial charge in [0.2, 0.25) is 0 Å². The highest BCUT2D eigenvalue weighted by atomic mass is 16.1. The smallest absolute Gasteiger partial charge is 0.120 e. The number of hydrogen-bond acceptors (Lipinski definition) is 1. The maximum absolute atomic E-state index is 10.3. The molecule has 0 aromatic carbocycles. The molecule has 1 heteroatoms. The highest BCUT2D eigenvalue weighted by Gasteiger charge is 2.07. The van der Waals surface area contributed by atoms with Crippen LogP contribution in [0.2, 0.25) is 0 Å². The lowest BCUT2D eigenvalue weighted by atomic mass is 9.91. The summed E-state index contributed by atoms with van der Waals surface area (Å²) in [4.78, 5) is 10.3. The van der Waals surface area contributed by atoms with E-state index < -0.39 is 0 Å². The van der Waals surface area contributed by atoms with Gasteiger partial charge in [-0.2, -0.15) is 0 Å². The Hall–Kier alpha value is -0.590. The molecule has 13 heavy (non-hydrogen) atoms. The van der Waals surface area contributed by atoms with E-state index in [9.17, 15) is 4.79 Å². The first-order valence-corrected chi connectivity index (χ1v) is 5.34. The second kappa shape index (κ2) is 8.03. The van der Waals surface area contributed by atoms with Crippen molar-refractivity contribution in [1.82, 2.24) is 0 Å². The molecule has 0 N–H and O–H groups in total. The van der Waals surface area contributed by atoms with Crippen molar-refractivity contribution in [3.8, 4) is 0 Å². The van der Waals surface area contributed by atoms with Gasteiger partial charge in [-0.05, 0) is 31.1 Å². The van der Waals surface area contributed by atoms with Gasteiger partial charge in [-0.25, -0.2) is 0 Å². The first-order chi connectivity index (χ1) is 6.24. The molecule has 2 atom stereocenters. The number of hydrogen-bond donors (Lipinski definition) is 0. The molecule has 0 spiro atoms. The van der Waals surface area contributed by atoms with E-state index in [4.69, 9.17) is 0 Å². The molecule has 0 rings (SSSR count). The number of carbonyl (C=O) groups is 1. The monoisotopic (exact) mass is 182 g/mol. The first-order valence-electron chi connectivity index (χ1n) is 5.34. The maximum Gasteiger partial charge on any atom is 0.120 e. The van der Waals surface area contributed by atoms with Crippen molar-refractivity contribution in [3.05, 3.63) is 12.2 Å². The van der Waals surface area contributed by atoms with Crippen molar-refractivity contribution in [2.45, 2.75) is 46.5 Å². The quantitative estimate of drug-likeness (QED) is 0.434. The van der Waals surface area contributed by atoms with Crippen LogP contribution >= 0.6 is 0 Å². The van der Waals surface area contributed by atoms with Crippen LogP contribution in [-0.2, 0) is 4.79 Å². The zero-order chi connectivity index (χ0) is 10.1. The summed E-state index contributed by atoms with van der Waals surface area (Å²) < 4.78 is 0. The third kappa shape index (κ3) is 6.56. The summed E-state index contributed by atoms with van der Waals surface area (Å²) in [6.07, 6.45) is 9.69. The van der Waals surface area contributed by atoms with E-state index in [1.807, 2.05) is 0 Å². The van der Waals surface area contributed by atoms with Gasteiger partial charge in [0, 0.05) is 6.42 Å². The summed E-state index contributed by atoms with van der Waals surface area (Å²) in [5.74, 6) is 1.19. The minimum atomic E-state index is 0.531. The zero-order valence-corrected chi connectivity index (χ0v) is 9.12. The van der Waals surface area contributed by atoms with Crippen molar-refractivity contribution in [1.29, 1.82) is 0 Å². The Morgan fingerprint density at radius 1 is 1.31 bits per heavy atom. The summed E-state index contributed by atoms with van der Waals surface area (Å²) in [5, 5.41) is 0.